The van der Waals surface area contributed by atoms with Crippen LogP contribution in [-0.2, 0) is 4.74 Å². The van der Waals surface area contributed by atoms with Crippen molar-refractivity contribution >= 4 is 5.84 Å². The quantitative estimate of drug-likeness (QED) is 0.382. The lowest BCUT2D eigenvalue weighted by atomic mass is 10.4. The number of methoxy groups -OCH3 is 1. The van der Waals surface area contributed by atoms with E-state index in [-0.39, 0.29) is 0 Å². The van der Waals surface area contributed by atoms with Crippen LogP contribution < -0.4 is 5.32 Å². The molecule has 0 spiro atoms. The molecule has 3 heteroatoms. The molecule has 11 heavy (non-hydrogen) atoms. The highest BCUT2D eigenvalue weighted by atomic mass is 16.5. The lowest BCUT2D eigenvalue weighted by Gasteiger charge is -1.99. The van der Waals surface area contributed by atoms with E-state index in [2.05, 4.69) is 10.3 Å². The number of nitrogens with one attached hydrogen (secondary N) is 1. The molecular formula is C8H16N2O. The number of hydrogen-bond acceptors (Lipinski definition) is 2. The van der Waals surface area contributed by atoms with E-state index in [0.717, 1.165) is 18.0 Å². The summed E-state index contributed by atoms with van der Waals surface area (Å²) in [6.07, 6.45) is 2.61. The monoisotopic (exact) mass is 156 g/mol. The Balaban J connectivity index is 4.06. The van der Waals surface area contributed by atoms with Gasteiger partial charge < -0.3 is 10.1 Å². The molecule has 3 nitrogen and oxygen atoms in total. The molecule has 64 valence electrons. The van der Waals surface area contributed by atoms with Gasteiger partial charge in [0.15, 0.2) is 0 Å². The highest BCUT2D eigenvalue weighted by Crippen LogP contribution is 1.93. The number of nitrogens with zero attached hydrogens (tertiary/aromatic N) is 1. The molecule has 0 amide bonds. The van der Waals surface area contributed by atoms with E-state index < -0.39 is 0 Å². The Hall–Kier alpha value is -0.990. The van der Waals surface area contributed by atoms with Crippen LogP contribution in [0, 0.1) is 0 Å². The van der Waals surface area contributed by atoms with Crippen LogP contribution in [-0.4, -0.2) is 20.0 Å². The predicted molar refractivity (Wildman–Crippen MR) is 47.6 cm³/mol. The van der Waals surface area contributed by atoms with Gasteiger partial charge in [-0.15, -0.1) is 0 Å². The Morgan fingerprint density at radius 2 is 2.27 bits per heavy atom. The van der Waals surface area contributed by atoms with Gasteiger partial charge in [-0.2, -0.15) is 0 Å². The second kappa shape index (κ2) is 5.77. The van der Waals surface area contributed by atoms with Gasteiger partial charge in [0.05, 0.1) is 13.3 Å². The van der Waals surface area contributed by atoms with Crippen molar-refractivity contribution < 1.29 is 4.74 Å². The molecular weight excluding hydrogens is 140 g/mol. The largest absolute Gasteiger partial charge is 0.500 e. The fourth-order valence-electron chi connectivity index (χ4n) is 0.554. The zero-order chi connectivity index (χ0) is 8.69. The maximum Gasteiger partial charge on any atom is 0.111 e. The zero-order valence-corrected chi connectivity index (χ0v) is 7.64. The Morgan fingerprint density at radius 1 is 1.64 bits per heavy atom. The van der Waals surface area contributed by atoms with Gasteiger partial charge in [-0.1, -0.05) is 6.92 Å². The van der Waals surface area contributed by atoms with Gasteiger partial charge in [0.2, 0.25) is 0 Å². The molecule has 0 aromatic rings. The Labute approximate surface area is 68.2 Å². The first kappa shape index (κ1) is 10.0. The van der Waals surface area contributed by atoms with E-state index in [1.54, 1.807) is 13.3 Å². The van der Waals surface area contributed by atoms with Crippen LogP contribution >= 0.6 is 0 Å². The van der Waals surface area contributed by atoms with Gasteiger partial charge in [-0.05, 0) is 6.92 Å². The summed E-state index contributed by atoms with van der Waals surface area (Å²) in [6.45, 7) is 3.91. The summed E-state index contributed by atoms with van der Waals surface area (Å²) in [7, 11) is 3.49. The van der Waals surface area contributed by atoms with Crippen molar-refractivity contribution in [2.24, 2.45) is 4.99 Å². The maximum absolute atomic E-state index is 4.92. The highest BCUT2D eigenvalue weighted by Gasteiger charge is 1.87. The molecule has 0 aliphatic carbocycles. The summed E-state index contributed by atoms with van der Waals surface area (Å²) in [6, 6.07) is 0. The van der Waals surface area contributed by atoms with Gasteiger partial charge >= 0.3 is 0 Å². The van der Waals surface area contributed by atoms with Crippen LogP contribution in [0.25, 0.3) is 0 Å². The third-order valence-electron chi connectivity index (χ3n) is 1.35. The summed E-state index contributed by atoms with van der Waals surface area (Å²) in [5, 5.41) is 2.98. The maximum atomic E-state index is 4.92. The first-order valence-corrected chi connectivity index (χ1v) is 3.69. The van der Waals surface area contributed by atoms with Gasteiger partial charge in [-0.3, -0.25) is 0 Å². The number of allylic oxidation sites excluding steroid dienone is 1. The van der Waals surface area contributed by atoms with E-state index in [4.69, 9.17) is 4.74 Å². The molecule has 0 bridgehead atoms. The van der Waals surface area contributed by atoms with E-state index in [1.165, 1.54) is 0 Å². The Bertz CT molecular complexity index is 155. The van der Waals surface area contributed by atoms with Crippen molar-refractivity contribution in [2.75, 3.05) is 14.2 Å². The molecule has 0 aliphatic rings. The zero-order valence-electron chi connectivity index (χ0n) is 7.64. The fourth-order valence-corrected chi connectivity index (χ4v) is 0.554. The molecule has 0 saturated heterocycles. The van der Waals surface area contributed by atoms with Crippen LogP contribution in [0.2, 0.25) is 0 Å². The predicted octanol–water partition coefficient (Wildman–Crippen LogP) is 1.52. The van der Waals surface area contributed by atoms with Gasteiger partial charge in [0.1, 0.15) is 11.6 Å². The number of hydrogen-bond donors (Lipinski definition) is 1. The average Bonchev–Trinajstić information content (AvgIpc) is 2.06. The normalized spacial score (nSPS) is 13.1. The molecule has 0 unspecified atom stereocenters. The lowest BCUT2D eigenvalue weighted by Crippen LogP contribution is -2.16. The first-order chi connectivity index (χ1) is 5.24. The number of ether oxygens (including phenoxy) is 1. The lowest BCUT2D eigenvalue weighted by molar-refractivity contribution is 0.292. The van der Waals surface area contributed by atoms with Crippen LogP contribution in [0.1, 0.15) is 20.3 Å². The van der Waals surface area contributed by atoms with E-state index in [9.17, 15) is 0 Å². The minimum absolute atomic E-state index is 0.811. The number of rotatable bonds is 3. The highest BCUT2D eigenvalue weighted by molar-refractivity contribution is 5.82. The number of aliphatic imine (C=N–C) groups is 1. The molecule has 0 aromatic carbocycles. The van der Waals surface area contributed by atoms with Gasteiger partial charge in [0.25, 0.3) is 0 Å². The van der Waals surface area contributed by atoms with Crippen molar-refractivity contribution in [3.63, 3.8) is 0 Å². The summed E-state index contributed by atoms with van der Waals surface area (Å²) in [5.74, 6) is 1.77. The molecule has 0 aliphatic heterocycles. The van der Waals surface area contributed by atoms with Crippen LogP contribution in [0.3, 0.4) is 0 Å². The molecule has 0 fully saturated rings. The smallest absolute Gasteiger partial charge is 0.111 e. The van der Waals surface area contributed by atoms with Gasteiger partial charge in [0, 0.05) is 13.5 Å². The van der Waals surface area contributed by atoms with Crippen LogP contribution in [0.4, 0.5) is 0 Å². The standard InChI is InChI=1S/C8H16N2O/c1-5-8(9-3)10-6-7(2)11-4/h6H,5H2,1-4H3,(H,9,10)/b7-6+. The molecule has 0 radical (unpaired) electrons. The molecule has 0 saturated carbocycles. The molecule has 0 rings (SSSR count). The van der Waals surface area contributed by atoms with E-state index in [0.29, 0.717) is 0 Å². The fraction of sp³-hybridized carbons (Fsp3) is 0.625. The van der Waals surface area contributed by atoms with Crippen LogP contribution in [0.15, 0.2) is 17.0 Å². The minimum atomic E-state index is 0.811. The topological polar surface area (TPSA) is 33.6 Å². The number of amidine groups is 1. The summed E-state index contributed by atoms with van der Waals surface area (Å²) >= 11 is 0. The van der Waals surface area contributed by atoms with Crippen molar-refractivity contribution in [2.45, 2.75) is 20.3 Å². The van der Waals surface area contributed by atoms with Crippen molar-refractivity contribution in [3.8, 4) is 0 Å². The summed E-state index contributed by atoms with van der Waals surface area (Å²) in [5.41, 5.74) is 0. The van der Waals surface area contributed by atoms with E-state index >= 15 is 0 Å². The van der Waals surface area contributed by atoms with Crippen molar-refractivity contribution in [1.29, 1.82) is 0 Å². The first-order valence-electron chi connectivity index (χ1n) is 3.69. The minimum Gasteiger partial charge on any atom is -0.500 e. The van der Waals surface area contributed by atoms with Crippen molar-refractivity contribution in [3.05, 3.63) is 12.0 Å². The summed E-state index contributed by atoms with van der Waals surface area (Å²) in [4.78, 5) is 4.15. The molecule has 0 aromatic heterocycles. The Morgan fingerprint density at radius 3 is 2.64 bits per heavy atom. The molecule has 0 heterocycles. The average molecular weight is 156 g/mol. The van der Waals surface area contributed by atoms with Crippen molar-refractivity contribution in [1.82, 2.24) is 5.32 Å². The third-order valence-corrected chi connectivity index (χ3v) is 1.35. The second-order valence-corrected chi connectivity index (χ2v) is 2.12. The van der Waals surface area contributed by atoms with Gasteiger partial charge in [-0.25, -0.2) is 4.99 Å². The summed E-state index contributed by atoms with van der Waals surface area (Å²) < 4.78 is 4.92. The Kier molecular flexibility index (Phi) is 5.25. The molecule has 1 N–H and O–H groups in total. The second-order valence-electron chi connectivity index (χ2n) is 2.12. The third kappa shape index (κ3) is 4.42. The van der Waals surface area contributed by atoms with Crippen LogP contribution in [0.5, 0.6) is 0 Å². The van der Waals surface area contributed by atoms with E-state index in [1.807, 2.05) is 20.9 Å². The SMILES string of the molecule is CC/C(=N\C=C(/C)OC)NC. The molecule has 0 atom stereocenters.